The summed E-state index contributed by atoms with van der Waals surface area (Å²) in [7, 11) is 0. The predicted octanol–water partition coefficient (Wildman–Crippen LogP) is 0.0348. The maximum Gasteiger partial charge on any atom is 0.354 e. The van der Waals surface area contributed by atoms with E-state index in [1.807, 2.05) is 24.3 Å². The molecule has 1 aliphatic carbocycles. The molecule has 192 valence electrons. The summed E-state index contributed by atoms with van der Waals surface area (Å²) in [5.74, 6) is 1.36. The van der Waals surface area contributed by atoms with E-state index in [9.17, 15) is 14.4 Å². The molecule has 11 nitrogen and oxygen atoms in total. The Labute approximate surface area is 210 Å². The molecule has 2 aliphatic heterocycles. The molecule has 11 heteroatoms. The summed E-state index contributed by atoms with van der Waals surface area (Å²) in [5, 5.41) is 2.69. The lowest BCUT2D eigenvalue weighted by atomic mass is 10.1. The summed E-state index contributed by atoms with van der Waals surface area (Å²) in [5.41, 5.74) is 12.4. The number of urea groups is 1. The van der Waals surface area contributed by atoms with Gasteiger partial charge in [0.2, 0.25) is 5.91 Å². The zero-order chi connectivity index (χ0) is 25.6. The molecule has 0 bridgehead atoms. The van der Waals surface area contributed by atoms with Crippen molar-refractivity contribution in [2.24, 2.45) is 23.3 Å². The van der Waals surface area contributed by atoms with Crippen molar-refractivity contribution in [3.05, 3.63) is 52.6 Å². The van der Waals surface area contributed by atoms with Gasteiger partial charge in [0.15, 0.2) is 0 Å². The van der Waals surface area contributed by atoms with E-state index in [0.29, 0.717) is 49.7 Å². The van der Waals surface area contributed by atoms with Crippen LogP contribution in [-0.2, 0) is 11.3 Å². The minimum absolute atomic E-state index is 0.141. The Balaban J connectivity index is 1.15. The van der Waals surface area contributed by atoms with Crippen molar-refractivity contribution >= 4 is 17.8 Å². The Morgan fingerprint density at radius 1 is 1.03 bits per heavy atom. The molecule has 0 spiro atoms. The lowest BCUT2D eigenvalue weighted by molar-refractivity contribution is -0.137. The van der Waals surface area contributed by atoms with E-state index in [1.54, 1.807) is 35.9 Å². The maximum atomic E-state index is 12.7. The van der Waals surface area contributed by atoms with Crippen molar-refractivity contribution in [3.63, 3.8) is 0 Å². The van der Waals surface area contributed by atoms with Crippen molar-refractivity contribution in [3.8, 4) is 5.69 Å². The largest absolute Gasteiger partial charge is 0.354 e. The van der Waals surface area contributed by atoms with Crippen LogP contribution in [0.2, 0.25) is 0 Å². The molecule has 1 saturated carbocycles. The molecular formula is C25H34N8O3. The van der Waals surface area contributed by atoms with Gasteiger partial charge in [-0.1, -0.05) is 12.1 Å². The number of carbonyl (C=O) groups is 2. The number of likely N-dealkylation sites (tertiary alicyclic amines) is 1. The molecule has 36 heavy (non-hydrogen) atoms. The van der Waals surface area contributed by atoms with E-state index < -0.39 is 11.2 Å². The quantitative estimate of drug-likeness (QED) is 0.532. The van der Waals surface area contributed by atoms with E-state index in [2.05, 4.69) is 15.2 Å². The molecule has 2 saturated heterocycles. The van der Waals surface area contributed by atoms with Crippen LogP contribution in [0.3, 0.4) is 0 Å². The number of nitrogens with two attached hydrogens (primary N) is 2. The van der Waals surface area contributed by atoms with Crippen LogP contribution in [0.1, 0.15) is 19.4 Å². The second-order valence-corrected chi connectivity index (χ2v) is 10.7. The van der Waals surface area contributed by atoms with Crippen molar-refractivity contribution in [2.45, 2.75) is 32.0 Å². The SMILES string of the molecule is CC(C)(N)C(=O)N1CCN(C(=O)Nc2ccn(-c3ccc(CN4CC5C(N)[C@@H]5C4)cc3)c(=O)n2)CC1. The van der Waals surface area contributed by atoms with Gasteiger partial charge in [0, 0.05) is 58.1 Å². The highest BCUT2D eigenvalue weighted by Crippen LogP contribution is 2.44. The number of nitrogens with zero attached hydrogens (tertiary/aromatic N) is 5. The molecule has 2 unspecified atom stereocenters. The molecule has 5 N–H and O–H groups in total. The number of anilines is 1. The summed E-state index contributed by atoms with van der Waals surface area (Å²) in [6.07, 6.45) is 1.61. The minimum atomic E-state index is -0.943. The van der Waals surface area contributed by atoms with Gasteiger partial charge in [-0.05, 0) is 49.4 Å². The number of piperazine rings is 1. The summed E-state index contributed by atoms with van der Waals surface area (Å²) in [6, 6.07) is 9.49. The van der Waals surface area contributed by atoms with E-state index in [4.69, 9.17) is 11.5 Å². The van der Waals surface area contributed by atoms with Crippen LogP contribution in [0.15, 0.2) is 41.3 Å². The van der Waals surface area contributed by atoms with Crippen molar-refractivity contribution < 1.29 is 9.59 Å². The van der Waals surface area contributed by atoms with Gasteiger partial charge in [0.25, 0.3) is 0 Å². The van der Waals surface area contributed by atoms with Gasteiger partial charge in [-0.3, -0.25) is 19.6 Å². The topological polar surface area (TPSA) is 143 Å². The van der Waals surface area contributed by atoms with Crippen LogP contribution in [-0.4, -0.2) is 87.0 Å². The zero-order valence-electron chi connectivity index (χ0n) is 20.8. The van der Waals surface area contributed by atoms with Crippen LogP contribution in [0.4, 0.5) is 10.6 Å². The van der Waals surface area contributed by atoms with E-state index in [1.165, 1.54) is 10.1 Å². The van der Waals surface area contributed by atoms with Gasteiger partial charge < -0.3 is 21.3 Å². The monoisotopic (exact) mass is 494 g/mol. The molecule has 3 atom stereocenters. The third-order valence-corrected chi connectivity index (χ3v) is 7.40. The molecule has 3 heterocycles. The average Bonchev–Trinajstić information content (AvgIpc) is 3.23. The van der Waals surface area contributed by atoms with Crippen molar-refractivity contribution in [1.82, 2.24) is 24.3 Å². The summed E-state index contributed by atoms with van der Waals surface area (Å²) >= 11 is 0. The second kappa shape index (κ2) is 9.30. The molecule has 3 aliphatic rings. The lowest BCUT2D eigenvalue weighted by Crippen LogP contribution is -2.58. The molecule has 1 aromatic carbocycles. The van der Waals surface area contributed by atoms with E-state index in [-0.39, 0.29) is 17.8 Å². The predicted molar refractivity (Wildman–Crippen MR) is 136 cm³/mol. The first kappa shape index (κ1) is 24.4. The number of rotatable bonds is 5. The fourth-order valence-corrected chi connectivity index (χ4v) is 5.19. The first-order valence-electron chi connectivity index (χ1n) is 12.4. The number of amides is 3. The van der Waals surface area contributed by atoms with Crippen molar-refractivity contribution in [2.75, 3.05) is 44.6 Å². The average molecular weight is 495 g/mol. The van der Waals surface area contributed by atoms with Gasteiger partial charge in [0.05, 0.1) is 11.2 Å². The second-order valence-electron chi connectivity index (χ2n) is 10.7. The van der Waals surface area contributed by atoms with E-state index in [0.717, 1.165) is 19.6 Å². The number of hydrogen-bond acceptors (Lipinski definition) is 7. The van der Waals surface area contributed by atoms with Gasteiger partial charge in [-0.15, -0.1) is 0 Å². The number of fused-ring (bicyclic) bond motifs is 1. The Morgan fingerprint density at radius 2 is 1.64 bits per heavy atom. The van der Waals surface area contributed by atoms with Gasteiger partial charge in [-0.2, -0.15) is 4.98 Å². The minimum Gasteiger partial charge on any atom is -0.338 e. The van der Waals surface area contributed by atoms with E-state index >= 15 is 0 Å². The fourth-order valence-electron chi connectivity index (χ4n) is 5.19. The molecule has 3 fully saturated rings. The molecule has 1 aromatic heterocycles. The molecule has 0 radical (unpaired) electrons. The highest BCUT2D eigenvalue weighted by atomic mass is 16.2. The van der Waals surface area contributed by atoms with Crippen LogP contribution >= 0.6 is 0 Å². The molecule has 3 amide bonds. The summed E-state index contributed by atoms with van der Waals surface area (Å²) in [6.45, 7) is 7.91. The van der Waals surface area contributed by atoms with Crippen LogP contribution in [0, 0.1) is 11.8 Å². The van der Waals surface area contributed by atoms with Crippen LogP contribution in [0.25, 0.3) is 5.69 Å². The van der Waals surface area contributed by atoms with Gasteiger partial charge in [-0.25, -0.2) is 9.59 Å². The fraction of sp³-hybridized carbons (Fsp3) is 0.520. The first-order valence-corrected chi connectivity index (χ1v) is 12.4. The highest BCUT2D eigenvalue weighted by Gasteiger charge is 2.53. The van der Waals surface area contributed by atoms with Crippen molar-refractivity contribution in [1.29, 1.82) is 0 Å². The number of piperidine rings is 1. The third kappa shape index (κ3) is 4.99. The maximum absolute atomic E-state index is 12.7. The summed E-state index contributed by atoms with van der Waals surface area (Å²) in [4.78, 5) is 47.4. The Morgan fingerprint density at radius 3 is 2.22 bits per heavy atom. The van der Waals surface area contributed by atoms with Gasteiger partial charge in [0.1, 0.15) is 5.82 Å². The number of nitrogens with one attached hydrogen (secondary N) is 1. The third-order valence-electron chi connectivity index (χ3n) is 7.40. The molecular weight excluding hydrogens is 460 g/mol. The Kier molecular flexibility index (Phi) is 6.31. The number of hydrogen-bond donors (Lipinski definition) is 3. The first-order chi connectivity index (χ1) is 17.1. The standard InChI is InChI=1S/C25H34N8O3/c1-25(2,27)22(34)31-9-11-32(12-10-31)23(35)28-20-7-8-33(24(36)29-20)17-5-3-16(4-6-17)13-30-14-18-19(15-30)21(18)26/h3-8,18-19,21H,9-15,26-27H2,1-2H3,(H,28,29,35,36)/t18-,19?,21?/m1/s1. The van der Waals surface area contributed by atoms with Gasteiger partial charge >= 0.3 is 11.7 Å². The smallest absolute Gasteiger partial charge is 0.338 e. The zero-order valence-corrected chi connectivity index (χ0v) is 20.8. The Bertz CT molecular complexity index is 1190. The van der Waals surface area contributed by atoms with Crippen LogP contribution < -0.4 is 22.5 Å². The number of aromatic nitrogens is 2. The highest BCUT2D eigenvalue weighted by molar-refractivity contribution is 5.89. The number of carbonyl (C=O) groups excluding carboxylic acids is 2. The van der Waals surface area contributed by atoms with Crippen LogP contribution in [0.5, 0.6) is 0 Å². The normalized spacial score (nSPS) is 23.9. The Hall–Kier alpha value is -3.28. The lowest BCUT2D eigenvalue weighted by Gasteiger charge is -2.37. The summed E-state index contributed by atoms with van der Waals surface area (Å²) < 4.78 is 1.45. The molecule has 5 rings (SSSR count). The molecule has 2 aromatic rings. The number of benzene rings is 1.